The van der Waals surface area contributed by atoms with E-state index >= 15 is 0 Å². The lowest BCUT2D eigenvalue weighted by Gasteiger charge is -2.24. The van der Waals surface area contributed by atoms with Crippen LogP contribution < -0.4 is 9.47 Å². The van der Waals surface area contributed by atoms with Crippen LogP contribution in [-0.2, 0) is 13.2 Å². The first-order valence-electron chi connectivity index (χ1n) is 15.8. The number of aliphatic hydroxyl groups is 2. The minimum absolute atomic E-state index is 0.0264. The summed E-state index contributed by atoms with van der Waals surface area (Å²) in [6, 6.07) is 37.3. The van der Waals surface area contributed by atoms with Crippen molar-refractivity contribution in [3.63, 3.8) is 0 Å². The fourth-order valence-corrected chi connectivity index (χ4v) is 6.15. The molecule has 0 spiro atoms. The number of hydrogen-bond acceptors (Lipinski definition) is 4. The molecule has 1 aliphatic heterocycles. The minimum Gasteiger partial charge on any atom is -0.492 e. The van der Waals surface area contributed by atoms with Crippen LogP contribution in [0.25, 0.3) is 57.0 Å². The molecule has 0 saturated heterocycles. The Morgan fingerprint density at radius 3 is 1.33 bits per heavy atom. The Kier molecular flexibility index (Phi) is 8.64. The highest BCUT2D eigenvalue weighted by Gasteiger charge is 2.24. The SMILES string of the molecule is OCc1ccc(/C=C\c2cc3ccccc3c3c2OCCCCOc2c(/C=C\c4ccc(CO)cc4)cc4ccccc4c2-3)cc1. The van der Waals surface area contributed by atoms with Gasteiger partial charge in [0.15, 0.2) is 0 Å². The normalized spacial score (nSPS) is 13.4. The maximum atomic E-state index is 9.49. The van der Waals surface area contributed by atoms with E-state index in [4.69, 9.17) is 9.47 Å². The van der Waals surface area contributed by atoms with Gasteiger partial charge in [0.2, 0.25) is 0 Å². The van der Waals surface area contributed by atoms with Crippen LogP contribution in [0.5, 0.6) is 11.5 Å². The molecule has 0 aliphatic carbocycles. The van der Waals surface area contributed by atoms with Gasteiger partial charge in [-0.05, 0) is 68.8 Å². The van der Waals surface area contributed by atoms with Gasteiger partial charge in [-0.15, -0.1) is 0 Å². The Hall–Kier alpha value is -5.16. The molecule has 4 heteroatoms. The summed E-state index contributed by atoms with van der Waals surface area (Å²) in [4.78, 5) is 0. The molecular weight excluding hydrogens is 568 g/mol. The van der Waals surface area contributed by atoms with Gasteiger partial charge in [0.25, 0.3) is 0 Å². The maximum absolute atomic E-state index is 9.49. The first kappa shape index (κ1) is 29.5. The molecule has 0 saturated carbocycles. The lowest BCUT2D eigenvalue weighted by atomic mass is 9.88. The van der Waals surface area contributed by atoms with Crippen LogP contribution in [0.4, 0.5) is 0 Å². The van der Waals surface area contributed by atoms with Gasteiger partial charge in [0, 0.05) is 22.3 Å². The third-order valence-electron chi connectivity index (χ3n) is 8.58. The number of fused-ring (bicyclic) bond motifs is 7. The predicted molar refractivity (Wildman–Crippen MR) is 190 cm³/mol. The molecule has 2 N–H and O–H groups in total. The molecule has 1 heterocycles. The van der Waals surface area contributed by atoms with E-state index < -0.39 is 0 Å². The highest BCUT2D eigenvalue weighted by atomic mass is 16.5. The fraction of sp³-hybridized carbons (Fsp3) is 0.143. The molecule has 6 aromatic carbocycles. The molecule has 0 bridgehead atoms. The molecular formula is C42H36O4. The second-order valence-corrected chi connectivity index (χ2v) is 11.7. The van der Waals surface area contributed by atoms with Crippen LogP contribution in [0.2, 0.25) is 0 Å². The fourth-order valence-electron chi connectivity index (χ4n) is 6.15. The summed E-state index contributed by atoms with van der Waals surface area (Å²) >= 11 is 0. The van der Waals surface area contributed by atoms with Crippen molar-refractivity contribution in [1.82, 2.24) is 0 Å². The molecule has 1 aliphatic rings. The van der Waals surface area contributed by atoms with E-state index in [9.17, 15) is 10.2 Å². The number of ether oxygens (including phenoxy) is 2. The molecule has 0 radical (unpaired) electrons. The standard InChI is InChI=1S/C42H36O4/c43-27-31-15-11-29(12-16-31)19-21-35-25-33-7-1-3-9-37(33)39-40-38-10-4-2-8-34(38)26-36(22-20-30-13-17-32(28-44)18-14-30)42(40)46-24-6-5-23-45-41(35)39/h1-4,7-22,25-26,43-44H,5-6,23-24,27-28H2/b21-19-,22-20-. The zero-order valence-electron chi connectivity index (χ0n) is 25.7. The number of hydrogen-bond donors (Lipinski definition) is 2. The highest BCUT2D eigenvalue weighted by molar-refractivity contribution is 6.12. The van der Waals surface area contributed by atoms with E-state index in [-0.39, 0.29) is 13.2 Å². The van der Waals surface area contributed by atoms with Crippen LogP contribution >= 0.6 is 0 Å². The maximum Gasteiger partial charge on any atom is 0.135 e. The molecule has 4 nitrogen and oxygen atoms in total. The molecule has 46 heavy (non-hydrogen) atoms. The lowest BCUT2D eigenvalue weighted by Crippen LogP contribution is -2.09. The van der Waals surface area contributed by atoms with E-state index in [0.29, 0.717) is 13.2 Å². The third kappa shape index (κ3) is 6.05. The average molecular weight is 605 g/mol. The van der Waals surface area contributed by atoms with Gasteiger partial charge in [-0.25, -0.2) is 0 Å². The minimum atomic E-state index is 0.0264. The molecule has 0 unspecified atom stereocenters. The summed E-state index contributed by atoms with van der Waals surface area (Å²) in [6.45, 7) is 1.24. The molecule has 6 aromatic rings. The van der Waals surface area contributed by atoms with Gasteiger partial charge in [0.1, 0.15) is 11.5 Å². The molecule has 228 valence electrons. The monoisotopic (exact) mass is 604 g/mol. The average Bonchev–Trinajstić information content (AvgIpc) is 3.11. The van der Waals surface area contributed by atoms with Crippen molar-refractivity contribution in [1.29, 1.82) is 0 Å². The van der Waals surface area contributed by atoms with E-state index in [0.717, 1.165) is 90.4 Å². The van der Waals surface area contributed by atoms with Crippen LogP contribution in [0.15, 0.2) is 109 Å². The van der Waals surface area contributed by atoms with Crippen molar-refractivity contribution in [3.05, 3.63) is 143 Å². The number of benzene rings is 6. The molecule has 0 amide bonds. The van der Waals surface area contributed by atoms with Gasteiger partial charge in [-0.2, -0.15) is 0 Å². The van der Waals surface area contributed by atoms with E-state index in [2.05, 4.69) is 85.0 Å². The first-order valence-corrected chi connectivity index (χ1v) is 15.8. The molecule has 0 aromatic heterocycles. The quantitative estimate of drug-likeness (QED) is 0.186. The van der Waals surface area contributed by atoms with Crippen molar-refractivity contribution < 1.29 is 19.7 Å². The Morgan fingerprint density at radius 1 is 0.500 bits per heavy atom. The van der Waals surface area contributed by atoms with Gasteiger partial charge in [-0.1, -0.05) is 121 Å². The Labute approximate surface area is 269 Å². The summed E-state index contributed by atoms with van der Waals surface area (Å²) < 4.78 is 13.5. The summed E-state index contributed by atoms with van der Waals surface area (Å²) in [5, 5.41) is 23.4. The second kappa shape index (κ2) is 13.5. The van der Waals surface area contributed by atoms with Crippen LogP contribution in [0.3, 0.4) is 0 Å². The first-order chi connectivity index (χ1) is 22.7. The van der Waals surface area contributed by atoms with Gasteiger partial charge in [-0.3, -0.25) is 0 Å². The van der Waals surface area contributed by atoms with E-state index in [1.807, 2.05) is 48.5 Å². The summed E-state index contributed by atoms with van der Waals surface area (Å²) in [5.41, 5.74) is 7.94. The van der Waals surface area contributed by atoms with Gasteiger partial charge in [0.05, 0.1) is 26.4 Å². The Balaban J connectivity index is 1.48. The number of aliphatic hydroxyl groups excluding tert-OH is 2. The van der Waals surface area contributed by atoms with Crippen LogP contribution in [0, 0.1) is 0 Å². The predicted octanol–water partition coefficient (Wildman–Crippen LogP) is 9.54. The van der Waals surface area contributed by atoms with E-state index in [1.54, 1.807) is 0 Å². The molecule has 0 atom stereocenters. The topological polar surface area (TPSA) is 58.9 Å². The van der Waals surface area contributed by atoms with Crippen LogP contribution in [-0.4, -0.2) is 23.4 Å². The molecule has 7 rings (SSSR count). The Bertz CT molecular complexity index is 1900. The number of rotatable bonds is 6. The summed E-state index contributed by atoms with van der Waals surface area (Å²) in [7, 11) is 0. The van der Waals surface area contributed by atoms with Crippen LogP contribution in [0.1, 0.15) is 46.2 Å². The smallest absolute Gasteiger partial charge is 0.135 e. The second-order valence-electron chi connectivity index (χ2n) is 11.7. The summed E-state index contributed by atoms with van der Waals surface area (Å²) in [6.07, 6.45) is 10.2. The van der Waals surface area contributed by atoms with Crippen molar-refractivity contribution in [2.75, 3.05) is 13.2 Å². The van der Waals surface area contributed by atoms with Crippen molar-refractivity contribution in [2.24, 2.45) is 0 Å². The highest BCUT2D eigenvalue weighted by Crippen LogP contribution is 2.49. The lowest BCUT2D eigenvalue weighted by molar-refractivity contribution is 0.264. The van der Waals surface area contributed by atoms with Crippen molar-refractivity contribution in [3.8, 4) is 22.6 Å². The van der Waals surface area contributed by atoms with E-state index in [1.165, 1.54) is 0 Å². The third-order valence-corrected chi connectivity index (χ3v) is 8.58. The van der Waals surface area contributed by atoms with Gasteiger partial charge < -0.3 is 19.7 Å². The van der Waals surface area contributed by atoms with Gasteiger partial charge >= 0.3 is 0 Å². The molecule has 0 fully saturated rings. The Morgan fingerprint density at radius 2 is 0.913 bits per heavy atom. The van der Waals surface area contributed by atoms with Crippen molar-refractivity contribution in [2.45, 2.75) is 26.1 Å². The zero-order valence-corrected chi connectivity index (χ0v) is 25.7. The zero-order chi connectivity index (χ0) is 31.3. The van der Waals surface area contributed by atoms with Crippen molar-refractivity contribution >= 4 is 45.8 Å². The summed E-state index contributed by atoms with van der Waals surface area (Å²) in [5.74, 6) is 1.69. The largest absolute Gasteiger partial charge is 0.492 e.